The predicted molar refractivity (Wildman–Crippen MR) is 180 cm³/mol. The van der Waals surface area contributed by atoms with E-state index in [-0.39, 0.29) is 0 Å². The molecule has 0 radical (unpaired) electrons. The van der Waals surface area contributed by atoms with E-state index in [2.05, 4.69) is 168 Å². The third-order valence-corrected chi connectivity index (χ3v) is 12.5. The number of hydrogen-bond donors (Lipinski definition) is 0. The van der Waals surface area contributed by atoms with E-state index < -0.39 is 10.0 Å². The first-order chi connectivity index (χ1) is 20.9. The summed E-state index contributed by atoms with van der Waals surface area (Å²) in [5, 5.41) is 10.3. The third-order valence-electron chi connectivity index (χ3n) is 8.81. The molecule has 2 heteroatoms. The van der Waals surface area contributed by atoms with Crippen molar-refractivity contribution in [1.29, 1.82) is 0 Å². The summed E-state index contributed by atoms with van der Waals surface area (Å²) in [6.07, 6.45) is 2.43. The number of nitrogens with zero attached hydrogens (tertiary/aromatic N) is 1. The molecule has 0 spiro atoms. The van der Waals surface area contributed by atoms with Crippen molar-refractivity contribution in [2.75, 3.05) is 0 Å². The molecule has 0 aliphatic carbocycles. The first-order valence-corrected chi connectivity index (χ1v) is 16.1. The van der Waals surface area contributed by atoms with Crippen molar-refractivity contribution in [2.45, 2.75) is 14.7 Å². The number of fused-ring (bicyclic) bond motifs is 9. The molecule has 0 atom stereocenters. The fraction of sp³-hybridized carbons (Fsp3) is 0. The van der Waals surface area contributed by atoms with Gasteiger partial charge in [-0.3, -0.25) is 0 Å². The van der Waals surface area contributed by atoms with E-state index in [1.54, 1.807) is 0 Å². The molecule has 0 bridgehead atoms. The molecule has 0 N–H and O–H groups in total. The van der Waals surface area contributed by atoms with Gasteiger partial charge in [-0.15, -0.1) is 10.0 Å². The van der Waals surface area contributed by atoms with Gasteiger partial charge in [0.1, 0.15) is 0 Å². The summed E-state index contributed by atoms with van der Waals surface area (Å²) < 4.78 is 2.54. The van der Waals surface area contributed by atoms with Crippen LogP contribution in [0.25, 0.3) is 55.1 Å². The Morgan fingerprint density at radius 2 is 1.02 bits per heavy atom. The number of benzene rings is 7. The molecule has 0 saturated carbocycles. The summed E-state index contributed by atoms with van der Waals surface area (Å²) in [6.45, 7) is 0. The highest BCUT2D eigenvalue weighted by Crippen LogP contribution is 2.75. The van der Waals surface area contributed by atoms with Gasteiger partial charge >= 0.3 is 0 Å². The van der Waals surface area contributed by atoms with Crippen LogP contribution < -0.4 is 0 Å². The lowest BCUT2D eigenvalue weighted by Gasteiger charge is -2.37. The van der Waals surface area contributed by atoms with Gasteiger partial charge in [0.2, 0.25) is 0 Å². The molecule has 7 aromatic carbocycles. The maximum absolute atomic E-state index is 2.54. The third kappa shape index (κ3) is 3.10. The molecule has 1 aromatic heterocycles. The molecule has 0 unspecified atom stereocenters. The first kappa shape index (κ1) is 23.6. The Morgan fingerprint density at radius 1 is 0.452 bits per heavy atom. The molecule has 2 heterocycles. The second-order valence-corrected chi connectivity index (χ2v) is 13.9. The molecule has 8 aromatic rings. The minimum absolute atomic E-state index is 1.22. The van der Waals surface area contributed by atoms with Gasteiger partial charge < -0.3 is 4.57 Å². The van der Waals surface area contributed by atoms with Gasteiger partial charge in [0.15, 0.2) is 0 Å². The van der Waals surface area contributed by atoms with Crippen molar-refractivity contribution >= 4 is 59.5 Å². The smallest absolute Gasteiger partial charge is 0.0631 e. The summed E-state index contributed by atoms with van der Waals surface area (Å²) in [5.74, 6) is 0. The Kier molecular flexibility index (Phi) is 5.05. The molecule has 9 rings (SSSR count). The van der Waals surface area contributed by atoms with Crippen molar-refractivity contribution in [3.8, 4) is 5.69 Å². The van der Waals surface area contributed by atoms with Crippen LogP contribution in [0.3, 0.4) is 0 Å². The van der Waals surface area contributed by atoms with Crippen LogP contribution in [-0.4, -0.2) is 4.57 Å². The quantitative estimate of drug-likeness (QED) is 0.205. The Labute approximate surface area is 246 Å². The van der Waals surface area contributed by atoms with E-state index in [4.69, 9.17) is 0 Å². The molecule has 1 aliphatic heterocycles. The van der Waals surface area contributed by atoms with Crippen molar-refractivity contribution in [2.24, 2.45) is 0 Å². The molecule has 0 saturated heterocycles. The second kappa shape index (κ2) is 8.97. The Bertz CT molecular complexity index is 2300. The molecule has 42 heavy (non-hydrogen) atoms. The summed E-state index contributed by atoms with van der Waals surface area (Å²) in [5.41, 5.74) is 5.08. The van der Waals surface area contributed by atoms with E-state index in [9.17, 15) is 0 Å². The molecule has 0 fully saturated rings. The average Bonchev–Trinajstić information content (AvgIpc) is 3.64. The van der Waals surface area contributed by atoms with Gasteiger partial charge in [0.05, 0.1) is 16.7 Å². The zero-order chi connectivity index (χ0) is 27.7. The summed E-state index contributed by atoms with van der Waals surface area (Å²) in [7, 11) is -1.67. The van der Waals surface area contributed by atoms with Crippen molar-refractivity contribution in [3.05, 3.63) is 163 Å². The summed E-state index contributed by atoms with van der Waals surface area (Å²) in [6, 6.07) is 55.7. The van der Waals surface area contributed by atoms with Gasteiger partial charge in [-0.05, 0) is 64.0 Å². The maximum Gasteiger partial charge on any atom is 0.0631 e. The molecule has 198 valence electrons. The number of rotatable bonds is 3. The minimum Gasteiger partial charge on any atom is -0.308 e. The van der Waals surface area contributed by atoms with Gasteiger partial charge in [-0.25, -0.2) is 0 Å². The highest BCUT2D eigenvalue weighted by atomic mass is 32.3. The van der Waals surface area contributed by atoms with Gasteiger partial charge in [0, 0.05) is 36.4 Å². The fourth-order valence-electron chi connectivity index (χ4n) is 7.11. The van der Waals surface area contributed by atoms with Crippen LogP contribution in [0.2, 0.25) is 0 Å². The average molecular weight is 554 g/mol. The number of aromatic nitrogens is 1. The lowest BCUT2D eigenvalue weighted by molar-refractivity contribution is 1.19. The van der Waals surface area contributed by atoms with Gasteiger partial charge in [-0.2, -0.15) is 0 Å². The van der Waals surface area contributed by atoms with Gasteiger partial charge in [0.25, 0.3) is 0 Å². The van der Waals surface area contributed by atoms with E-state index >= 15 is 0 Å². The summed E-state index contributed by atoms with van der Waals surface area (Å²) >= 11 is 0. The standard InChI is InChI=1S/C40H27NS/c1-3-16-29(17-4-1)42(30-18-5-2-6-19-30)27-26-35-39-38(32-21-9-10-22-33(32)40(35)42)34-23-11-12-24-37(34)41(39)36-25-13-15-28-14-7-8-20-31(28)36/h1-27H. The molecular formula is C40H27NS. The summed E-state index contributed by atoms with van der Waals surface area (Å²) in [4.78, 5) is 4.17. The lowest BCUT2D eigenvalue weighted by Crippen LogP contribution is -2.02. The highest BCUT2D eigenvalue weighted by molar-refractivity contribution is 8.36. The lowest BCUT2D eigenvalue weighted by atomic mass is 10.00. The largest absolute Gasteiger partial charge is 0.308 e. The number of para-hydroxylation sites is 1. The second-order valence-electron chi connectivity index (χ2n) is 11.0. The van der Waals surface area contributed by atoms with Gasteiger partial charge in [-0.1, -0.05) is 115 Å². The SMILES string of the molecule is C1=CS(c2ccccc2)(c2ccccc2)c2c1c1c(c3ccccc23)c2ccccc2n1-c1cccc2ccccc12. The van der Waals surface area contributed by atoms with Crippen LogP contribution in [0.4, 0.5) is 0 Å². The van der Waals surface area contributed by atoms with Crippen LogP contribution in [0, 0.1) is 0 Å². The predicted octanol–water partition coefficient (Wildman–Crippen LogP) is 11.4. The zero-order valence-electron chi connectivity index (χ0n) is 22.9. The van der Waals surface area contributed by atoms with Crippen molar-refractivity contribution in [3.63, 3.8) is 0 Å². The van der Waals surface area contributed by atoms with Crippen LogP contribution in [0.15, 0.2) is 172 Å². The normalized spacial score (nSPS) is 14.6. The Morgan fingerprint density at radius 3 is 1.76 bits per heavy atom. The maximum atomic E-state index is 2.54. The van der Waals surface area contributed by atoms with E-state index in [1.165, 1.54) is 69.3 Å². The first-order valence-electron chi connectivity index (χ1n) is 14.4. The highest BCUT2D eigenvalue weighted by Gasteiger charge is 2.38. The monoisotopic (exact) mass is 553 g/mol. The minimum atomic E-state index is -1.67. The van der Waals surface area contributed by atoms with E-state index in [1.807, 2.05) is 0 Å². The molecule has 0 amide bonds. The van der Waals surface area contributed by atoms with E-state index in [0.29, 0.717) is 0 Å². The van der Waals surface area contributed by atoms with Crippen LogP contribution in [0.5, 0.6) is 0 Å². The van der Waals surface area contributed by atoms with Crippen LogP contribution in [-0.2, 0) is 0 Å². The van der Waals surface area contributed by atoms with Crippen molar-refractivity contribution < 1.29 is 0 Å². The molecule has 1 aliphatic rings. The Hall–Kier alpha value is -5.05. The Balaban J connectivity index is 1.54. The molecular weight excluding hydrogens is 527 g/mol. The van der Waals surface area contributed by atoms with Crippen LogP contribution >= 0.6 is 10.0 Å². The van der Waals surface area contributed by atoms with Crippen LogP contribution in [0.1, 0.15) is 5.56 Å². The molecule has 1 nitrogen and oxygen atoms in total. The fourth-order valence-corrected chi connectivity index (χ4v) is 10.9. The number of hydrogen-bond acceptors (Lipinski definition) is 0. The zero-order valence-corrected chi connectivity index (χ0v) is 23.8. The van der Waals surface area contributed by atoms with Crippen molar-refractivity contribution in [1.82, 2.24) is 4.57 Å². The van der Waals surface area contributed by atoms with E-state index in [0.717, 1.165) is 0 Å². The topological polar surface area (TPSA) is 4.93 Å².